The van der Waals surface area contributed by atoms with Crippen molar-refractivity contribution < 1.29 is 4.79 Å². The van der Waals surface area contributed by atoms with E-state index in [0.29, 0.717) is 11.1 Å². The average molecular weight is 261 g/mol. The van der Waals surface area contributed by atoms with Gasteiger partial charge in [0.2, 0.25) is 0 Å². The monoisotopic (exact) mass is 261 g/mol. The number of hydrogen-bond acceptors (Lipinski definition) is 2. The van der Waals surface area contributed by atoms with Crippen LogP contribution in [0.2, 0.25) is 0 Å². The van der Waals surface area contributed by atoms with E-state index in [2.05, 4.69) is 10.3 Å². The van der Waals surface area contributed by atoms with Crippen molar-refractivity contribution in [2.24, 2.45) is 0 Å². The molecule has 1 amide bonds. The van der Waals surface area contributed by atoms with Crippen molar-refractivity contribution in [3.8, 4) is 6.07 Å². The number of aromatic amines is 1. The SMILES string of the molecule is N#Cc1cccc(C(=O)Nc2cccc3cc[nH]c23)c1. The highest BCUT2D eigenvalue weighted by Gasteiger charge is 2.09. The Labute approximate surface area is 115 Å². The molecule has 0 radical (unpaired) electrons. The van der Waals surface area contributed by atoms with Crippen LogP contribution in [0.3, 0.4) is 0 Å². The Morgan fingerprint density at radius 1 is 1.15 bits per heavy atom. The van der Waals surface area contributed by atoms with E-state index in [4.69, 9.17) is 5.26 Å². The number of amides is 1. The fraction of sp³-hybridized carbons (Fsp3) is 0. The number of aromatic nitrogens is 1. The van der Waals surface area contributed by atoms with E-state index in [1.807, 2.05) is 36.5 Å². The predicted octanol–water partition coefficient (Wildman–Crippen LogP) is 3.29. The van der Waals surface area contributed by atoms with Gasteiger partial charge in [-0.2, -0.15) is 5.26 Å². The maximum atomic E-state index is 12.2. The van der Waals surface area contributed by atoms with Crippen LogP contribution in [0, 0.1) is 11.3 Å². The summed E-state index contributed by atoms with van der Waals surface area (Å²) in [6, 6.07) is 16.3. The highest BCUT2D eigenvalue weighted by Crippen LogP contribution is 2.22. The predicted molar refractivity (Wildman–Crippen MR) is 77.4 cm³/mol. The fourth-order valence-electron chi connectivity index (χ4n) is 2.11. The number of nitriles is 1. The van der Waals surface area contributed by atoms with Crippen molar-refractivity contribution >= 4 is 22.5 Å². The first-order valence-corrected chi connectivity index (χ1v) is 6.15. The number of para-hydroxylation sites is 1. The first-order chi connectivity index (χ1) is 9.78. The summed E-state index contributed by atoms with van der Waals surface area (Å²) < 4.78 is 0. The van der Waals surface area contributed by atoms with Gasteiger partial charge in [0.1, 0.15) is 0 Å². The molecule has 1 heterocycles. The average Bonchev–Trinajstić information content (AvgIpc) is 2.97. The Balaban J connectivity index is 1.93. The van der Waals surface area contributed by atoms with Gasteiger partial charge < -0.3 is 10.3 Å². The smallest absolute Gasteiger partial charge is 0.255 e. The lowest BCUT2D eigenvalue weighted by Crippen LogP contribution is -2.12. The van der Waals surface area contributed by atoms with Crippen LogP contribution in [-0.2, 0) is 0 Å². The number of nitrogens with zero attached hydrogens (tertiary/aromatic N) is 1. The normalized spacial score (nSPS) is 10.2. The fourth-order valence-corrected chi connectivity index (χ4v) is 2.11. The summed E-state index contributed by atoms with van der Waals surface area (Å²) in [4.78, 5) is 15.3. The zero-order chi connectivity index (χ0) is 13.9. The first-order valence-electron chi connectivity index (χ1n) is 6.15. The summed E-state index contributed by atoms with van der Waals surface area (Å²) in [6.07, 6.45) is 1.83. The molecule has 2 aromatic carbocycles. The van der Waals surface area contributed by atoms with Crippen LogP contribution in [0.1, 0.15) is 15.9 Å². The third-order valence-corrected chi connectivity index (χ3v) is 3.09. The number of rotatable bonds is 2. The molecule has 0 aliphatic heterocycles. The molecule has 0 fully saturated rings. The highest BCUT2D eigenvalue weighted by molar-refractivity contribution is 6.08. The van der Waals surface area contributed by atoms with E-state index in [9.17, 15) is 4.79 Å². The van der Waals surface area contributed by atoms with Crippen LogP contribution >= 0.6 is 0 Å². The Morgan fingerprint density at radius 2 is 2.00 bits per heavy atom. The molecule has 0 saturated heterocycles. The molecule has 96 valence electrons. The van der Waals surface area contributed by atoms with Crippen LogP contribution in [0.25, 0.3) is 10.9 Å². The molecule has 0 aliphatic rings. The molecular weight excluding hydrogens is 250 g/mol. The van der Waals surface area contributed by atoms with Gasteiger partial charge in [-0.3, -0.25) is 4.79 Å². The molecule has 2 N–H and O–H groups in total. The number of H-pyrrole nitrogens is 1. The van der Waals surface area contributed by atoms with Crippen LogP contribution in [0.15, 0.2) is 54.7 Å². The lowest BCUT2D eigenvalue weighted by Gasteiger charge is -2.06. The molecule has 0 atom stereocenters. The van der Waals surface area contributed by atoms with Gasteiger partial charge in [0.05, 0.1) is 22.8 Å². The minimum atomic E-state index is -0.232. The second-order valence-electron chi connectivity index (χ2n) is 4.39. The van der Waals surface area contributed by atoms with Crippen molar-refractivity contribution in [2.75, 3.05) is 5.32 Å². The van der Waals surface area contributed by atoms with Gasteiger partial charge >= 0.3 is 0 Å². The summed E-state index contributed by atoms with van der Waals surface area (Å²) in [7, 11) is 0. The number of nitrogens with one attached hydrogen (secondary N) is 2. The number of hydrogen-bond donors (Lipinski definition) is 2. The maximum absolute atomic E-state index is 12.2. The minimum Gasteiger partial charge on any atom is -0.359 e. The van der Waals surface area contributed by atoms with E-state index in [1.54, 1.807) is 24.3 Å². The zero-order valence-corrected chi connectivity index (χ0v) is 10.6. The van der Waals surface area contributed by atoms with Gasteiger partial charge in [-0.15, -0.1) is 0 Å². The van der Waals surface area contributed by atoms with Crippen molar-refractivity contribution in [3.05, 3.63) is 65.9 Å². The molecule has 4 heteroatoms. The standard InChI is InChI=1S/C16H11N3O/c17-10-11-3-1-5-13(9-11)16(20)19-14-6-2-4-12-7-8-18-15(12)14/h1-9,18H,(H,19,20). The lowest BCUT2D eigenvalue weighted by atomic mass is 10.1. The van der Waals surface area contributed by atoms with Crippen molar-refractivity contribution in [2.45, 2.75) is 0 Å². The molecule has 0 saturated carbocycles. The minimum absolute atomic E-state index is 0.232. The van der Waals surface area contributed by atoms with E-state index in [0.717, 1.165) is 16.6 Å². The van der Waals surface area contributed by atoms with E-state index in [1.165, 1.54) is 0 Å². The molecule has 0 bridgehead atoms. The van der Waals surface area contributed by atoms with Crippen LogP contribution in [0.4, 0.5) is 5.69 Å². The third kappa shape index (κ3) is 2.13. The Morgan fingerprint density at radius 3 is 2.85 bits per heavy atom. The number of fused-ring (bicyclic) bond motifs is 1. The van der Waals surface area contributed by atoms with E-state index < -0.39 is 0 Å². The molecule has 1 aromatic heterocycles. The molecule has 20 heavy (non-hydrogen) atoms. The van der Waals surface area contributed by atoms with E-state index >= 15 is 0 Å². The maximum Gasteiger partial charge on any atom is 0.255 e. The molecule has 3 rings (SSSR count). The first kappa shape index (κ1) is 12.0. The van der Waals surface area contributed by atoms with Crippen LogP contribution in [-0.4, -0.2) is 10.9 Å². The second kappa shape index (κ2) is 4.90. The zero-order valence-electron chi connectivity index (χ0n) is 10.6. The molecule has 3 aromatic rings. The Bertz CT molecular complexity index is 827. The molecule has 0 unspecified atom stereocenters. The van der Waals surface area contributed by atoms with Gasteiger partial charge in [-0.1, -0.05) is 18.2 Å². The van der Waals surface area contributed by atoms with Crippen LogP contribution < -0.4 is 5.32 Å². The lowest BCUT2D eigenvalue weighted by molar-refractivity contribution is 0.102. The topological polar surface area (TPSA) is 68.7 Å². The molecular formula is C16H11N3O. The van der Waals surface area contributed by atoms with Crippen LogP contribution in [0.5, 0.6) is 0 Å². The van der Waals surface area contributed by atoms with Crippen molar-refractivity contribution in [1.29, 1.82) is 5.26 Å². The van der Waals surface area contributed by atoms with E-state index in [-0.39, 0.29) is 5.91 Å². The summed E-state index contributed by atoms with van der Waals surface area (Å²) in [5, 5.41) is 12.8. The van der Waals surface area contributed by atoms with Gasteiger partial charge in [-0.05, 0) is 30.3 Å². The van der Waals surface area contributed by atoms with Crippen molar-refractivity contribution in [1.82, 2.24) is 4.98 Å². The third-order valence-electron chi connectivity index (χ3n) is 3.09. The summed E-state index contributed by atoms with van der Waals surface area (Å²) in [6.45, 7) is 0. The second-order valence-corrected chi connectivity index (χ2v) is 4.39. The summed E-state index contributed by atoms with van der Waals surface area (Å²) in [5.74, 6) is -0.232. The number of anilines is 1. The largest absolute Gasteiger partial charge is 0.359 e. The highest BCUT2D eigenvalue weighted by atomic mass is 16.1. The van der Waals surface area contributed by atoms with Crippen molar-refractivity contribution in [3.63, 3.8) is 0 Å². The van der Waals surface area contributed by atoms with Gasteiger partial charge in [0.15, 0.2) is 0 Å². The van der Waals surface area contributed by atoms with Gasteiger partial charge in [0.25, 0.3) is 5.91 Å². The molecule has 0 aliphatic carbocycles. The van der Waals surface area contributed by atoms with Gasteiger partial charge in [-0.25, -0.2) is 0 Å². The number of benzene rings is 2. The molecule has 4 nitrogen and oxygen atoms in total. The summed E-state index contributed by atoms with van der Waals surface area (Å²) in [5.41, 5.74) is 2.54. The number of carbonyl (C=O) groups is 1. The Kier molecular flexibility index (Phi) is 2.94. The van der Waals surface area contributed by atoms with Gasteiger partial charge in [0, 0.05) is 17.1 Å². The molecule has 0 spiro atoms. The summed E-state index contributed by atoms with van der Waals surface area (Å²) >= 11 is 0. The number of carbonyl (C=O) groups excluding carboxylic acids is 1. The quantitative estimate of drug-likeness (QED) is 0.743. The Hall–Kier alpha value is -3.06.